The number of esters is 1. The highest BCUT2D eigenvalue weighted by Crippen LogP contribution is 2.07. The molecule has 2 aromatic rings. The van der Waals surface area contributed by atoms with Gasteiger partial charge >= 0.3 is 5.97 Å². The summed E-state index contributed by atoms with van der Waals surface area (Å²) in [5.74, 6) is 0.0355. The number of hydrogen-bond acceptors (Lipinski definition) is 4. The third kappa shape index (κ3) is 6.96. The Balaban J connectivity index is 1.53. The topological polar surface area (TPSA) is 64.6 Å². The van der Waals surface area contributed by atoms with Crippen molar-refractivity contribution in [3.8, 4) is 5.75 Å². The Kier molecular flexibility index (Phi) is 7.34. The highest BCUT2D eigenvalue weighted by molar-refractivity contribution is 5.80. The van der Waals surface area contributed by atoms with Crippen molar-refractivity contribution < 1.29 is 19.1 Å². The molecule has 126 valence electrons. The molecule has 0 saturated heterocycles. The Morgan fingerprint density at radius 2 is 1.58 bits per heavy atom. The Labute approximate surface area is 141 Å². The van der Waals surface area contributed by atoms with Gasteiger partial charge in [-0.1, -0.05) is 48.5 Å². The molecule has 24 heavy (non-hydrogen) atoms. The summed E-state index contributed by atoms with van der Waals surface area (Å²) in [5, 5.41) is 2.64. The number of carbonyl (C=O) groups excluding carboxylic acids is 2. The molecule has 0 aliphatic carbocycles. The van der Waals surface area contributed by atoms with Gasteiger partial charge in [-0.25, -0.2) is 0 Å². The van der Waals surface area contributed by atoms with E-state index in [1.165, 1.54) is 0 Å². The Morgan fingerprint density at radius 3 is 2.29 bits per heavy atom. The van der Waals surface area contributed by atoms with E-state index in [2.05, 4.69) is 5.32 Å². The van der Waals surface area contributed by atoms with Crippen LogP contribution in [-0.2, 0) is 20.7 Å². The third-order valence-corrected chi connectivity index (χ3v) is 3.26. The van der Waals surface area contributed by atoms with Crippen LogP contribution < -0.4 is 10.1 Å². The Bertz CT molecular complexity index is 628. The number of amides is 1. The van der Waals surface area contributed by atoms with E-state index < -0.39 is 0 Å². The second-order valence-electron chi connectivity index (χ2n) is 5.16. The SMILES string of the molecule is O=C(COC(=O)CCc1ccccc1)NCCOc1ccccc1. The van der Waals surface area contributed by atoms with Crippen LogP contribution in [0.2, 0.25) is 0 Å². The lowest BCUT2D eigenvalue weighted by atomic mass is 10.1. The van der Waals surface area contributed by atoms with Crippen molar-refractivity contribution in [1.82, 2.24) is 5.32 Å². The Morgan fingerprint density at radius 1 is 0.917 bits per heavy atom. The molecule has 2 rings (SSSR count). The number of nitrogens with one attached hydrogen (secondary N) is 1. The zero-order chi connectivity index (χ0) is 17.0. The first-order valence-corrected chi connectivity index (χ1v) is 7.88. The summed E-state index contributed by atoms with van der Waals surface area (Å²) < 4.78 is 10.4. The van der Waals surface area contributed by atoms with Crippen molar-refractivity contribution in [2.24, 2.45) is 0 Å². The molecule has 0 bridgehead atoms. The van der Waals surface area contributed by atoms with Gasteiger partial charge in [0, 0.05) is 6.42 Å². The van der Waals surface area contributed by atoms with Crippen LogP contribution in [0.25, 0.3) is 0 Å². The van der Waals surface area contributed by atoms with E-state index in [-0.39, 0.29) is 24.9 Å². The van der Waals surface area contributed by atoms with Crippen molar-refractivity contribution >= 4 is 11.9 Å². The lowest BCUT2D eigenvalue weighted by molar-refractivity contribution is -0.148. The van der Waals surface area contributed by atoms with Gasteiger partial charge in [0.1, 0.15) is 12.4 Å². The molecule has 0 fully saturated rings. The molecule has 0 heterocycles. The van der Waals surface area contributed by atoms with E-state index in [4.69, 9.17) is 9.47 Å². The van der Waals surface area contributed by atoms with Crippen molar-refractivity contribution in [2.45, 2.75) is 12.8 Å². The largest absolute Gasteiger partial charge is 0.492 e. The summed E-state index contributed by atoms with van der Waals surface area (Å²) in [6, 6.07) is 19.0. The van der Waals surface area contributed by atoms with Crippen LogP contribution >= 0.6 is 0 Å². The summed E-state index contributed by atoms with van der Waals surface area (Å²) >= 11 is 0. The van der Waals surface area contributed by atoms with Crippen LogP contribution in [-0.4, -0.2) is 31.6 Å². The van der Waals surface area contributed by atoms with Gasteiger partial charge in [-0.15, -0.1) is 0 Å². The lowest BCUT2D eigenvalue weighted by Gasteiger charge is -2.08. The standard InChI is InChI=1S/C19H21NO4/c21-18(20-13-14-23-17-9-5-2-6-10-17)15-24-19(22)12-11-16-7-3-1-4-8-16/h1-10H,11-15H2,(H,20,21). The van der Waals surface area contributed by atoms with E-state index in [9.17, 15) is 9.59 Å². The average Bonchev–Trinajstić information content (AvgIpc) is 2.63. The van der Waals surface area contributed by atoms with Crippen molar-refractivity contribution in [3.63, 3.8) is 0 Å². The van der Waals surface area contributed by atoms with Crippen molar-refractivity contribution in [3.05, 3.63) is 66.2 Å². The fourth-order valence-electron chi connectivity index (χ4n) is 2.04. The molecule has 2 aromatic carbocycles. The van der Waals surface area contributed by atoms with Gasteiger partial charge in [0.05, 0.1) is 6.54 Å². The molecule has 0 spiro atoms. The number of rotatable bonds is 9. The number of hydrogen-bond donors (Lipinski definition) is 1. The molecule has 0 aliphatic rings. The molecule has 0 unspecified atom stereocenters. The van der Waals surface area contributed by atoms with E-state index >= 15 is 0 Å². The predicted octanol–water partition coefficient (Wildman–Crippen LogP) is 2.36. The summed E-state index contributed by atoms with van der Waals surface area (Å²) in [6.07, 6.45) is 0.862. The summed E-state index contributed by atoms with van der Waals surface area (Å²) in [5.41, 5.74) is 1.07. The quantitative estimate of drug-likeness (QED) is 0.567. The smallest absolute Gasteiger partial charge is 0.306 e. The zero-order valence-corrected chi connectivity index (χ0v) is 13.4. The normalized spacial score (nSPS) is 10.0. The third-order valence-electron chi connectivity index (χ3n) is 3.26. The first kappa shape index (κ1) is 17.5. The fraction of sp³-hybridized carbons (Fsp3) is 0.263. The molecule has 0 aliphatic heterocycles. The second-order valence-corrected chi connectivity index (χ2v) is 5.16. The fourth-order valence-corrected chi connectivity index (χ4v) is 2.04. The van der Waals surface area contributed by atoms with Crippen molar-refractivity contribution in [1.29, 1.82) is 0 Å². The average molecular weight is 327 g/mol. The van der Waals surface area contributed by atoms with Gasteiger partial charge in [0.2, 0.25) is 0 Å². The number of ether oxygens (including phenoxy) is 2. The van der Waals surface area contributed by atoms with Gasteiger partial charge in [0.15, 0.2) is 6.61 Å². The second kappa shape index (κ2) is 10.0. The van der Waals surface area contributed by atoms with E-state index in [0.29, 0.717) is 19.6 Å². The maximum atomic E-state index is 11.6. The maximum absolute atomic E-state index is 11.6. The minimum Gasteiger partial charge on any atom is -0.492 e. The van der Waals surface area contributed by atoms with Crippen LogP contribution in [0.4, 0.5) is 0 Å². The van der Waals surface area contributed by atoms with Crippen LogP contribution in [0.1, 0.15) is 12.0 Å². The van der Waals surface area contributed by atoms with Gasteiger partial charge in [0.25, 0.3) is 5.91 Å². The van der Waals surface area contributed by atoms with Crippen LogP contribution in [0.15, 0.2) is 60.7 Å². The molecule has 0 atom stereocenters. The maximum Gasteiger partial charge on any atom is 0.306 e. The number of carbonyl (C=O) groups is 2. The van der Waals surface area contributed by atoms with Crippen LogP contribution in [0.3, 0.4) is 0 Å². The monoisotopic (exact) mass is 327 g/mol. The molecule has 1 amide bonds. The highest BCUT2D eigenvalue weighted by atomic mass is 16.5. The highest BCUT2D eigenvalue weighted by Gasteiger charge is 2.07. The molecule has 5 nitrogen and oxygen atoms in total. The summed E-state index contributed by atoms with van der Waals surface area (Å²) in [6.45, 7) is 0.450. The molecular weight excluding hydrogens is 306 g/mol. The van der Waals surface area contributed by atoms with Gasteiger partial charge in [-0.2, -0.15) is 0 Å². The van der Waals surface area contributed by atoms with Crippen LogP contribution in [0.5, 0.6) is 5.75 Å². The summed E-state index contributed by atoms with van der Waals surface area (Å²) in [4.78, 5) is 23.2. The first-order valence-electron chi connectivity index (χ1n) is 7.88. The van der Waals surface area contributed by atoms with Crippen molar-refractivity contribution in [2.75, 3.05) is 19.8 Å². The summed E-state index contributed by atoms with van der Waals surface area (Å²) in [7, 11) is 0. The van der Waals surface area contributed by atoms with Gasteiger partial charge in [-0.05, 0) is 24.1 Å². The van der Waals surface area contributed by atoms with E-state index in [1.54, 1.807) is 0 Å². The van der Waals surface area contributed by atoms with Crippen LogP contribution in [0, 0.1) is 0 Å². The molecule has 5 heteroatoms. The number of benzene rings is 2. The molecule has 1 N–H and O–H groups in total. The first-order chi connectivity index (χ1) is 11.7. The predicted molar refractivity (Wildman–Crippen MR) is 90.7 cm³/mol. The number of para-hydroxylation sites is 1. The minimum absolute atomic E-state index is 0.258. The van der Waals surface area contributed by atoms with Gasteiger partial charge in [-0.3, -0.25) is 9.59 Å². The Hall–Kier alpha value is -2.82. The van der Waals surface area contributed by atoms with Gasteiger partial charge < -0.3 is 14.8 Å². The van der Waals surface area contributed by atoms with E-state index in [1.807, 2.05) is 60.7 Å². The minimum atomic E-state index is -0.380. The number of aryl methyl sites for hydroxylation is 1. The zero-order valence-electron chi connectivity index (χ0n) is 13.4. The lowest BCUT2D eigenvalue weighted by Crippen LogP contribution is -2.32. The molecular formula is C19H21NO4. The molecule has 0 saturated carbocycles. The molecule has 0 radical (unpaired) electrons. The molecule has 0 aromatic heterocycles. The van der Waals surface area contributed by atoms with E-state index in [0.717, 1.165) is 11.3 Å².